The van der Waals surface area contributed by atoms with Crippen molar-refractivity contribution in [1.82, 2.24) is 0 Å². The van der Waals surface area contributed by atoms with Crippen LogP contribution in [-0.2, 0) is 9.59 Å². The topological polar surface area (TPSA) is 140 Å². The number of nitrogen functional groups attached to an aromatic ring is 1. The fraction of sp³-hybridized carbons (Fsp3) is 0.167. The number of aliphatic carboxylic acids is 1. The smallest absolute Gasteiger partial charge is 0.475 e. The van der Waals surface area contributed by atoms with E-state index in [0.717, 1.165) is 28.8 Å². The average molecular weight is 501 g/mol. The largest absolute Gasteiger partial charge is 0.490 e. The standard InChI is InChI=1S/C22H18N4OS.C2HF3O2/c23-10-16-11-28-12-20(16)13-4-6-17(7-5-13)26-22(27)19-9-18(19)14-2-1-3-15(8-14)21(24)25;3-2(4,5)1(6)7/h1-8,11-12,18-19H,9H2,(H3,24,25)(H,26,27);(H,6,7)/t18-,19-;/m1./s1. The maximum absolute atomic E-state index is 12.6. The van der Waals surface area contributed by atoms with Crippen molar-refractivity contribution in [3.63, 3.8) is 0 Å². The highest BCUT2D eigenvalue weighted by molar-refractivity contribution is 7.08. The molecule has 0 spiro atoms. The van der Waals surface area contributed by atoms with Crippen LogP contribution in [0.25, 0.3) is 11.1 Å². The molecular weight excluding hydrogens is 481 g/mol. The van der Waals surface area contributed by atoms with Gasteiger partial charge in [-0.25, -0.2) is 4.79 Å². The maximum atomic E-state index is 12.6. The number of amidine groups is 1. The first kappa shape index (κ1) is 25.5. The van der Waals surface area contributed by atoms with Crippen molar-refractivity contribution >= 4 is 34.7 Å². The minimum atomic E-state index is -5.08. The Balaban J connectivity index is 0.000000429. The zero-order chi connectivity index (χ0) is 25.8. The molecule has 1 aliphatic carbocycles. The van der Waals surface area contributed by atoms with Gasteiger partial charge in [0.2, 0.25) is 5.91 Å². The van der Waals surface area contributed by atoms with E-state index < -0.39 is 12.1 Å². The molecule has 0 bridgehead atoms. The van der Waals surface area contributed by atoms with Crippen LogP contribution in [0.1, 0.15) is 29.0 Å². The van der Waals surface area contributed by atoms with E-state index in [9.17, 15) is 18.0 Å². The molecule has 1 saturated carbocycles. The Bertz CT molecular complexity index is 1300. The van der Waals surface area contributed by atoms with Gasteiger partial charge in [-0.2, -0.15) is 29.8 Å². The number of carboxylic acids is 1. The number of anilines is 1. The van der Waals surface area contributed by atoms with E-state index in [0.29, 0.717) is 11.1 Å². The van der Waals surface area contributed by atoms with Gasteiger partial charge in [-0.1, -0.05) is 30.3 Å². The number of carbonyl (C=O) groups excluding carboxylic acids is 1. The SMILES string of the molecule is N#Cc1cscc1-c1ccc(NC(=O)[C@@H]2C[C@@H]2c2cccc(C(=N)N)c2)cc1.O=C(O)C(F)(F)F. The van der Waals surface area contributed by atoms with Crippen LogP contribution in [0.2, 0.25) is 0 Å². The van der Waals surface area contributed by atoms with Gasteiger partial charge < -0.3 is 16.2 Å². The van der Waals surface area contributed by atoms with Crippen LogP contribution in [0.15, 0.2) is 59.3 Å². The highest BCUT2D eigenvalue weighted by atomic mass is 32.1. The molecule has 0 aliphatic heterocycles. The summed E-state index contributed by atoms with van der Waals surface area (Å²) in [6.45, 7) is 0. The molecule has 2 aromatic carbocycles. The summed E-state index contributed by atoms with van der Waals surface area (Å²) in [6.07, 6.45) is -4.29. The lowest BCUT2D eigenvalue weighted by atomic mass is 10.0. The predicted molar refractivity (Wildman–Crippen MR) is 125 cm³/mol. The number of nitrogens with two attached hydrogens (primary N) is 1. The number of benzene rings is 2. The number of amides is 1. The van der Waals surface area contributed by atoms with Gasteiger partial charge in [-0.15, -0.1) is 0 Å². The highest BCUT2D eigenvalue weighted by Crippen LogP contribution is 2.48. The Morgan fingerprint density at radius 2 is 1.83 bits per heavy atom. The molecule has 1 aromatic heterocycles. The number of hydrogen-bond donors (Lipinski definition) is 4. The molecule has 0 radical (unpaired) electrons. The van der Waals surface area contributed by atoms with E-state index in [4.69, 9.17) is 26.3 Å². The molecule has 1 amide bonds. The van der Waals surface area contributed by atoms with Gasteiger partial charge in [-0.05, 0) is 47.0 Å². The van der Waals surface area contributed by atoms with Gasteiger partial charge in [0.05, 0.1) is 5.56 Å². The molecule has 7 nitrogen and oxygen atoms in total. The molecule has 1 fully saturated rings. The Kier molecular flexibility index (Phi) is 7.56. The van der Waals surface area contributed by atoms with Gasteiger partial charge in [0, 0.05) is 28.1 Å². The average Bonchev–Trinajstić information content (AvgIpc) is 3.49. The van der Waals surface area contributed by atoms with Crippen molar-refractivity contribution in [2.75, 3.05) is 5.32 Å². The monoisotopic (exact) mass is 500 g/mol. The molecule has 1 aliphatic rings. The van der Waals surface area contributed by atoms with E-state index in [-0.39, 0.29) is 23.6 Å². The second-order valence-corrected chi connectivity index (χ2v) is 8.41. The lowest BCUT2D eigenvalue weighted by molar-refractivity contribution is -0.192. The van der Waals surface area contributed by atoms with Crippen molar-refractivity contribution in [3.05, 3.63) is 76.0 Å². The number of carboxylic acid groups (broad SMARTS) is 1. The number of hydrogen-bond acceptors (Lipinski definition) is 5. The van der Waals surface area contributed by atoms with Crippen LogP contribution < -0.4 is 11.1 Å². The van der Waals surface area contributed by atoms with Crippen molar-refractivity contribution in [2.45, 2.75) is 18.5 Å². The summed E-state index contributed by atoms with van der Waals surface area (Å²) in [6, 6.07) is 17.3. The van der Waals surface area contributed by atoms with Crippen LogP contribution in [0, 0.1) is 22.7 Å². The molecule has 35 heavy (non-hydrogen) atoms. The molecule has 180 valence electrons. The Morgan fingerprint density at radius 1 is 1.17 bits per heavy atom. The summed E-state index contributed by atoms with van der Waals surface area (Å²) in [5.41, 5.74) is 10.6. The number of thiophene rings is 1. The van der Waals surface area contributed by atoms with E-state index in [1.54, 1.807) is 6.07 Å². The summed E-state index contributed by atoms with van der Waals surface area (Å²) in [4.78, 5) is 21.5. The summed E-state index contributed by atoms with van der Waals surface area (Å²) < 4.78 is 31.7. The quantitative estimate of drug-likeness (QED) is 0.290. The first-order chi connectivity index (χ1) is 16.5. The summed E-state index contributed by atoms with van der Waals surface area (Å²) in [7, 11) is 0. The molecular formula is C24H19F3N4O3S. The minimum Gasteiger partial charge on any atom is -0.475 e. The van der Waals surface area contributed by atoms with Gasteiger partial charge in [0.1, 0.15) is 11.9 Å². The zero-order valence-electron chi connectivity index (χ0n) is 18.0. The van der Waals surface area contributed by atoms with E-state index in [2.05, 4.69) is 11.4 Å². The zero-order valence-corrected chi connectivity index (χ0v) is 18.8. The van der Waals surface area contributed by atoms with Crippen molar-refractivity contribution in [2.24, 2.45) is 11.7 Å². The molecule has 0 saturated heterocycles. The van der Waals surface area contributed by atoms with Crippen LogP contribution in [0.3, 0.4) is 0 Å². The molecule has 2 atom stereocenters. The Hall–Kier alpha value is -4.17. The number of halogens is 3. The Labute approximate surface area is 202 Å². The fourth-order valence-electron chi connectivity index (χ4n) is 3.37. The highest BCUT2D eigenvalue weighted by Gasteiger charge is 2.44. The lowest BCUT2D eigenvalue weighted by Gasteiger charge is -2.07. The van der Waals surface area contributed by atoms with Gasteiger partial charge >= 0.3 is 12.1 Å². The summed E-state index contributed by atoms with van der Waals surface area (Å²) in [5.74, 6) is -2.62. The Morgan fingerprint density at radius 3 is 2.40 bits per heavy atom. The predicted octanol–water partition coefficient (Wildman–Crippen LogP) is 4.95. The van der Waals surface area contributed by atoms with Crippen LogP contribution >= 0.6 is 11.3 Å². The van der Waals surface area contributed by atoms with Crippen LogP contribution in [0.5, 0.6) is 0 Å². The molecule has 1 heterocycles. The van der Waals surface area contributed by atoms with Crippen molar-refractivity contribution < 1.29 is 27.9 Å². The third kappa shape index (κ3) is 6.45. The number of nitrogens with one attached hydrogen (secondary N) is 2. The number of rotatable bonds is 5. The molecule has 0 unspecified atom stereocenters. The molecule has 5 N–H and O–H groups in total. The fourth-order valence-corrected chi connectivity index (χ4v) is 4.15. The number of nitriles is 1. The third-order valence-corrected chi connectivity index (χ3v) is 5.98. The van der Waals surface area contributed by atoms with Crippen molar-refractivity contribution in [1.29, 1.82) is 10.7 Å². The maximum Gasteiger partial charge on any atom is 0.490 e. The minimum absolute atomic E-state index is 0.000717. The molecule has 4 rings (SSSR count). The van der Waals surface area contributed by atoms with Crippen LogP contribution in [-0.4, -0.2) is 29.0 Å². The van der Waals surface area contributed by atoms with E-state index in [1.807, 2.05) is 53.2 Å². The van der Waals surface area contributed by atoms with Gasteiger partial charge in [-0.3, -0.25) is 10.2 Å². The molecule has 11 heteroatoms. The molecule has 3 aromatic rings. The number of carbonyl (C=O) groups is 2. The first-order valence-corrected chi connectivity index (χ1v) is 11.1. The van der Waals surface area contributed by atoms with Gasteiger partial charge in [0.15, 0.2) is 0 Å². The van der Waals surface area contributed by atoms with E-state index >= 15 is 0 Å². The first-order valence-electron chi connectivity index (χ1n) is 10.1. The third-order valence-electron chi connectivity index (χ3n) is 5.24. The number of nitrogens with zero attached hydrogens (tertiary/aromatic N) is 1. The summed E-state index contributed by atoms with van der Waals surface area (Å²) in [5, 5.41) is 30.6. The summed E-state index contributed by atoms with van der Waals surface area (Å²) >= 11 is 1.50. The van der Waals surface area contributed by atoms with Gasteiger partial charge in [0.25, 0.3) is 0 Å². The van der Waals surface area contributed by atoms with Crippen LogP contribution in [0.4, 0.5) is 18.9 Å². The second-order valence-electron chi connectivity index (χ2n) is 7.67. The second kappa shape index (κ2) is 10.4. The van der Waals surface area contributed by atoms with Crippen molar-refractivity contribution in [3.8, 4) is 17.2 Å². The van der Waals surface area contributed by atoms with E-state index in [1.165, 1.54) is 11.3 Å². The lowest BCUT2D eigenvalue weighted by Crippen LogP contribution is -2.21. The normalized spacial score (nSPS) is 16.3. The number of alkyl halides is 3.